The maximum absolute atomic E-state index is 11.6. The van der Waals surface area contributed by atoms with Crippen LogP contribution in [0.1, 0.15) is 32.5 Å². The van der Waals surface area contributed by atoms with Crippen LogP contribution in [0, 0.1) is 0 Å². The molecule has 1 atom stereocenters. The second kappa shape index (κ2) is 5.18. The van der Waals surface area contributed by atoms with Crippen molar-refractivity contribution in [2.45, 2.75) is 32.4 Å². The van der Waals surface area contributed by atoms with Crippen molar-refractivity contribution in [3.8, 4) is 0 Å². The molecule has 1 unspecified atom stereocenters. The van der Waals surface area contributed by atoms with E-state index in [2.05, 4.69) is 10.4 Å². The summed E-state index contributed by atoms with van der Waals surface area (Å²) >= 11 is 0. The van der Waals surface area contributed by atoms with Crippen LogP contribution in [0.3, 0.4) is 0 Å². The summed E-state index contributed by atoms with van der Waals surface area (Å²) in [7, 11) is 1.81. The average molecular weight is 240 g/mol. The summed E-state index contributed by atoms with van der Waals surface area (Å²) in [6.07, 6.45) is 1.31. The summed E-state index contributed by atoms with van der Waals surface area (Å²) in [6.45, 7) is 5.71. The molecule has 0 radical (unpaired) electrons. The van der Waals surface area contributed by atoms with Gasteiger partial charge in [-0.25, -0.2) is 4.79 Å². The Hall–Kier alpha value is -1.56. The average Bonchev–Trinajstić information content (AvgIpc) is 2.58. The van der Waals surface area contributed by atoms with Crippen molar-refractivity contribution >= 4 is 6.09 Å². The Morgan fingerprint density at radius 1 is 1.65 bits per heavy atom. The molecule has 3 N–H and O–H groups in total. The summed E-state index contributed by atoms with van der Waals surface area (Å²) in [5, 5.41) is 6.89. The van der Waals surface area contributed by atoms with Crippen molar-refractivity contribution in [3.63, 3.8) is 0 Å². The van der Waals surface area contributed by atoms with Crippen molar-refractivity contribution in [1.82, 2.24) is 15.1 Å². The molecule has 0 fully saturated rings. The first-order valence-electron chi connectivity index (χ1n) is 5.51. The lowest BCUT2D eigenvalue weighted by Gasteiger charge is -2.22. The predicted molar refractivity (Wildman–Crippen MR) is 64.4 cm³/mol. The maximum Gasteiger partial charge on any atom is 0.408 e. The number of hydrogen-bond acceptors (Lipinski definition) is 4. The smallest absolute Gasteiger partial charge is 0.408 e. The van der Waals surface area contributed by atoms with Crippen molar-refractivity contribution in [3.05, 3.63) is 18.0 Å². The first kappa shape index (κ1) is 13.5. The molecule has 0 spiro atoms. The van der Waals surface area contributed by atoms with Gasteiger partial charge in [-0.1, -0.05) is 0 Å². The standard InChI is InChI=1S/C11H20N4O2/c1-11(2,3)17-10(16)13-9(7-12)8-5-6-15(4)14-8/h5-6,9H,7,12H2,1-4H3,(H,13,16). The van der Waals surface area contributed by atoms with E-state index < -0.39 is 11.7 Å². The number of nitrogens with two attached hydrogens (primary N) is 1. The van der Waals surface area contributed by atoms with Gasteiger partial charge in [0.2, 0.25) is 0 Å². The lowest BCUT2D eigenvalue weighted by Crippen LogP contribution is -2.38. The lowest BCUT2D eigenvalue weighted by atomic mass is 10.2. The van der Waals surface area contributed by atoms with Crippen LogP contribution in [-0.2, 0) is 11.8 Å². The molecule has 17 heavy (non-hydrogen) atoms. The second-order valence-corrected chi connectivity index (χ2v) is 4.85. The van der Waals surface area contributed by atoms with Crippen molar-refractivity contribution in [2.75, 3.05) is 6.54 Å². The summed E-state index contributed by atoms with van der Waals surface area (Å²) in [5.74, 6) is 0. The first-order valence-corrected chi connectivity index (χ1v) is 5.51. The van der Waals surface area contributed by atoms with Crippen molar-refractivity contribution in [2.24, 2.45) is 12.8 Å². The summed E-state index contributed by atoms with van der Waals surface area (Å²) in [6, 6.07) is 1.49. The summed E-state index contributed by atoms with van der Waals surface area (Å²) < 4.78 is 6.82. The number of nitrogens with one attached hydrogen (secondary N) is 1. The molecule has 1 aromatic rings. The van der Waals surface area contributed by atoms with Gasteiger partial charge in [-0.15, -0.1) is 0 Å². The van der Waals surface area contributed by atoms with E-state index in [4.69, 9.17) is 10.5 Å². The molecule has 0 aromatic carbocycles. The molecule has 0 aliphatic rings. The third-order valence-corrected chi connectivity index (χ3v) is 2.02. The Balaban J connectivity index is 2.62. The summed E-state index contributed by atoms with van der Waals surface area (Å²) in [4.78, 5) is 11.6. The molecule has 1 heterocycles. The minimum Gasteiger partial charge on any atom is -0.444 e. The van der Waals surface area contributed by atoms with E-state index in [1.165, 1.54) is 0 Å². The van der Waals surface area contributed by atoms with Crippen LogP contribution in [0.4, 0.5) is 4.79 Å². The van der Waals surface area contributed by atoms with E-state index in [-0.39, 0.29) is 12.6 Å². The fraction of sp³-hybridized carbons (Fsp3) is 0.636. The third-order valence-electron chi connectivity index (χ3n) is 2.02. The number of ether oxygens (including phenoxy) is 1. The number of nitrogens with zero attached hydrogens (tertiary/aromatic N) is 2. The third kappa shape index (κ3) is 4.44. The number of hydrogen-bond donors (Lipinski definition) is 2. The van der Waals surface area contributed by atoms with Gasteiger partial charge in [-0.2, -0.15) is 5.10 Å². The molecule has 0 bridgehead atoms. The second-order valence-electron chi connectivity index (χ2n) is 4.85. The SMILES string of the molecule is Cn1ccc(C(CN)NC(=O)OC(C)(C)C)n1. The molecule has 1 aromatic heterocycles. The lowest BCUT2D eigenvalue weighted by molar-refractivity contribution is 0.0504. The predicted octanol–water partition coefficient (Wildman–Crippen LogP) is 0.945. The molecule has 1 rings (SSSR count). The van der Waals surface area contributed by atoms with Crippen LogP contribution in [0.25, 0.3) is 0 Å². The molecule has 96 valence electrons. The zero-order valence-electron chi connectivity index (χ0n) is 10.7. The van der Waals surface area contributed by atoms with Gasteiger partial charge >= 0.3 is 6.09 Å². The van der Waals surface area contributed by atoms with Gasteiger partial charge in [0.05, 0.1) is 11.7 Å². The van der Waals surface area contributed by atoms with Crippen LogP contribution >= 0.6 is 0 Å². The molecular weight excluding hydrogens is 220 g/mol. The van der Waals surface area contributed by atoms with Crippen LogP contribution in [0.5, 0.6) is 0 Å². The highest BCUT2D eigenvalue weighted by atomic mass is 16.6. The maximum atomic E-state index is 11.6. The van der Waals surface area contributed by atoms with Crippen molar-refractivity contribution < 1.29 is 9.53 Å². The zero-order chi connectivity index (χ0) is 13.1. The highest BCUT2D eigenvalue weighted by Crippen LogP contribution is 2.11. The number of amides is 1. The molecule has 0 saturated carbocycles. The minimum atomic E-state index is -0.520. The van der Waals surface area contributed by atoms with E-state index in [0.29, 0.717) is 0 Å². The minimum absolute atomic E-state index is 0.274. The van der Waals surface area contributed by atoms with Gasteiger partial charge < -0.3 is 15.8 Å². The largest absolute Gasteiger partial charge is 0.444 e. The van der Waals surface area contributed by atoms with E-state index >= 15 is 0 Å². The monoisotopic (exact) mass is 240 g/mol. The van der Waals surface area contributed by atoms with Crippen LogP contribution in [0.2, 0.25) is 0 Å². The fourth-order valence-electron chi connectivity index (χ4n) is 1.32. The number of rotatable bonds is 3. The molecule has 0 aliphatic carbocycles. The Morgan fingerprint density at radius 2 is 2.29 bits per heavy atom. The van der Waals surface area contributed by atoms with Crippen LogP contribution < -0.4 is 11.1 Å². The van der Waals surface area contributed by atoms with Gasteiger partial charge in [-0.05, 0) is 26.8 Å². The quantitative estimate of drug-likeness (QED) is 0.824. The topological polar surface area (TPSA) is 82.2 Å². The molecule has 6 heteroatoms. The Bertz CT molecular complexity index is 381. The number of alkyl carbamates (subject to hydrolysis) is 1. The van der Waals surface area contributed by atoms with Gasteiger partial charge in [0.15, 0.2) is 0 Å². The van der Waals surface area contributed by atoms with E-state index in [1.54, 1.807) is 10.9 Å². The normalized spacial score (nSPS) is 13.2. The van der Waals surface area contributed by atoms with Gasteiger partial charge in [0.1, 0.15) is 5.60 Å². The number of aryl methyl sites for hydroxylation is 1. The van der Waals surface area contributed by atoms with Gasteiger partial charge in [-0.3, -0.25) is 4.68 Å². The Morgan fingerprint density at radius 3 is 2.71 bits per heavy atom. The molecule has 0 aliphatic heterocycles. The van der Waals surface area contributed by atoms with Gasteiger partial charge in [0, 0.05) is 19.8 Å². The van der Waals surface area contributed by atoms with E-state index in [0.717, 1.165) is 5.69 Å². The Kier molecular flexibility index (Phi) is 4.11. The van der Waals surface area contributed by atoms with Gasteiger partial charge in [0.25, 0.3) is 0 Å². The Labute approximate surface area is 101 Å². The van der Waals surface area contributed by atoms with E-state index in [9.17, 15) is 4.79 Å². The van der Waals surface area contributed by atoms with Crippen LogP contribution in [0.15, 0.2) is 12.3 Å². The number of carbonyl (C=O) groups excluding carboxylic acids is 1. The highest BCUT2D eigenvalue weighted by Gasteiger charge is 2.20. The molecular formula is C11H20N4O2. The molecule has 0 saturated heterocycles. The van der Waals surface area contributed by atoms with Crippen molar-refractivity contribution in [1.29, 1.82) is 0 Å². The molecule has 6 nitrogen and oxygen atoms in total. The van der Waals surface area contributed by atoms with Crippen LogP contribution in [-0.4, -0.2) is 28.0 Å². The number of aromatic nitrogens is 2. The summed E-state index contributed by atoms with van der Waals surface area (Å²) in [5.41, 5.74) is 5.81. The zero-order valence-corrected chi connectivity index (χ0v) is 10.7. The number of carbonyl (C=O) groups is 1. The highest BCUT2D eigenvalue weighted by molar-refractivity contribution is 5.68. The molecule has 1 amide bonds. The van der Waals surface area contributed by atoms with E-state index in [1.807, 2.05) is 33.9 Å². The first-order chi connectivity index (χ1) is 7.81. The fourth-order valence-corrected chi connectivity index (χ4v) is 1.32.